The molecule has 0 fully saturated rings. The number of hydrogen-bond donors (Lipinski definition) is 3. The molecule has 6 nitrogen and oxygen atoms in total. The molecule has 0 aliphatic rings. The van der Waals surface area contributed by atoms with Crippen molar-refractivity contribution in [3.63, 3.8) is 0 Å². The molecule has 0 bridgehead atoms. The Morgan fingerprint density at radius 1 is 1.00 bits per heavy atom. The molecule has 0 amide bonds. The molecule has 0 atom stereocenters. The van der Waals surface area contributed by atoms with Crippen LogP contribution >= 0.6 is 0 Å². The Labute approximate surface area is 117 Å². The second kappa shape index (κ2) is 5.48. The SMILES string of the molecule is Cc1ccc(C)n1-c1cccc(N=C(N)N=C(N)N)c1. The number of benzene rings is 1. The number of aliphatic imine (C=N–C) groups is 2. The average Bonchev–Trinajstić information content (AvgIpc) is 2.68. The summed E-state index contributed by atoms with van der Waals surface area (Å²) in [5.74, 6) is -0.0809. The third-order valence-electron chi connectivity index (χ3n) is 2.85. The van der Waals surface area contributed by atoms with Gasteiger partial charge in [-0.25, -0.2) is 4.99 Å². The quantitative estimate of drug-likeness (QED) is 0.565. The van der Waals surface area contributed by atoms with Gasteiger partial charge in [0.1, 0.15) is 0 Å². The van der Waals surface area contributed by atoms with Crippen molar-refractivity contribution in [2.75, 3.05) is 0 Å². The summed E-state index contributed by atoms with van der Waals surface area (Å²) in [7, 11) is 0. The van der Waals surface area contributed by atoms with Crippen LogP contribution in [-0.4, -0.2) is 16.5 Å². The van der Waals surface area contributed by atoms with Gasteiger partial charge >= 0.3 is 0 Å². The molecule has 2 aromatic rings. The molecule has 20 heavy (non-hydrogen) atoms. The van der Waals surface area contributed by atoms with Crippen LogP contribution in [0.1, 0.15) is 11.4 Å². The smallest absolute Gasteiger partial charge is 0.223 e. The zero-order chi connectivity index (χ0) is 14.7. The van der Waals surface area contributed by atoms with Gasteiger partial charge in [-0.2, -0.15) is 4.99 Å². The maximum atomic E-state index is 5.63. The van der Waals surface area contributed by atoms with E-state index in [0.717, 1.165) is 17.1 Å². The van der Waals surface area contributed by atoms with Gasteiger partial charge in [-0.05, 0) is 44.2 Å². The monoisotopic (exact) mass is 270 g/mol. The number of nitrogens with two attached hydrogens (primary N) is 3. The van der Waals surface area contributed by atoms with Crippen molar-refractivity contribution in [3.8, 4) is 5.69 Å². The zero-order valence-electron chi connectivity index (χ0n) is 11.5. The minimum atomic E-state index is -0.112. The number of guanidine groups is 2. The summed E-state index contributed by atoms with van der Waals surface area (Å²) in [6.07, 6.45) is 0. The van der Waals surface area contributed by atoms with Crippen LogP contribution < -0.4 is 17.2 Å². The predicted molar refractivity (Wildman–Crippen MR) is 82.3 cm³/mol. The van der Waals surface area contributed by atoms with E-state index in [4.69, 9.17) is 17.2 Å². The molecule has 1 aromatic carbocycles. The van der Waals surface area contributed by atoms with Gasteiger partial charge in [0.15, 0.2) is 5.96 Å². The van der Waals surface area contributed by atoms with Crippen molar-refractivity contribution in [1.29, 1.82) is 0 Å². The largest absolute Gasteiger partial charge is 0.370 e. The minimum Gasteiger partial charge on any atom is -0.370 e. The lowest BCUT2D eigenvalue weighted by atomic mass is 10.2. The summed E-state index contributed by atoms with van der Waals surface area (Å²) in [5, 5.41) is 0. The molecule has 0 spiro atoms. The molecule has 0 saturated heterocycles. The molecule has 6 N–H and O–H groups in total. The highest BCUT2D eigenvalue weighted by atomic mass is 15.1. The first-order valence-electron chi connectivity index (χ1n) is 6.16. The minimum absolute atomic E-state index is 0.0306. The molecule has 0 unspecified atom stereocenters. The highest BCUT2D eigenvalue weighted by Gasteiger charge is 2.04. The third-order valence-corrected chi connectivity index (χ3v) is 2.85. The van der Waals surface area contributed by atoms with Gasteiger partial charge in [0.05, 0.1) is 5.69 Å². The maximum absolute atomic E-state index is 5.63. The normalized spacial score (nSPS) is 11.4. The molecule has 104 valence electrons. The lowest BCUT2D eigenvalue weighted by molar-refractivity contribution is 0.966. The van der Waals surface area contributed by atoms with Crippen LogP contribution in [0.2, 0.25) is 0 Å². The van der Waals surface area contributed by atoms with Crippen molar-refractivity contribution in [2.24, 2.45) is 27.2 Å². The molecule has 0 aliphatic carbocycles. The number of nitrogens with zero attached hydrogens (tertiary/aromatic N) is 3. The van der Waals surface area contributed by atoms with E-state index in [-0.39, 0.29) is 11.9 Å². The lowest BCUT2D eigenvalue weighted by Gasteiger charge is -2.09. The van der Waals surface area contributed by atoms with E-state index in [9.17, 15) is 0 Å². The Balaban J connectivity index is 2.41. The van der Waals surface area contributed by atoms with Crippen LogP contribution in [0.25, 0.3) is 5.69 Å². The van der Waals surface area contributed by atoms with Crippen LogP contribution in [-0.2, 0) is 0 Å². The van der Waals surface area contributed by atoms with E-state index in [1.807, 2.05) is 24.3 Å². The molecule has 2 rings (SSSR count). The fraction of sp³-hybridized carbons (Fsp3) is 0.143. The first kappa shape index (κ1) is 13.7. The van der Waals surface area contributed by atoms with Gasteiger partial charge in [0.2, 0.25) is 5.96 Å². The van der Waals surface area contributed by atoms with Crippen molar-refractivity contribution < 1.29 is 0 Å². The Kier molecular flexibility index (Phi) is 3.74. The molecular weight excluding hydrogens is 252 g/mol. The summed E-state index contributed by atoms with van der Waals surface area (Å²) in [4.78, 5) is 7.86. The first-order chi connectivity index (χ1) is 9.47. The van der Waals surface area contributed by atoms with Gasteiger partial charge < -0.3 is 21.8 Å². The lowest BCUT2D eigenvalue weighted by Crippen LogP contribution is -2.26. The summed E-state index contributed by atoms with van der Waals surface area (Å²) in [5.41, 5.74) is 20.2. The van der Waals surface area contributed by atoms with Crippen LogP contribution in [0.5, 0.6) is 0 Å². The van der Waals surface area contributed by atoms with Gasteiger partial charge in [-0.15, -0.1) is 0 Å². The van der Waals surface area contributed by atoms with Gasteiger partial charge in [0, 0.05) is 17.1 Å². The van der Waals surface area contributed by atoms with E-state index in [1.165, 1.54) is 0 Å². The number of aryl methyl sites for hydroxylation is 2. The molecule has 1 aromatic heterocycles. The summed E-state index contributed by atoms with van der Waals surface area (Å²) in [6, 6.07) is 11.8. The van der Waals surface area contributed by atoms with E-state index in [2.05, 4.69) is 40.5 Å². The molecule has 1 heterocycles. The summed E-state index contributed by atoms with van der Waals surface area (Å²) < 4.78 is 2.13. The van der Waals surface area contributed by atoms with Crippen LogP contribution in [0.15, 0.2) is 46.4 Å². The Morgan fingerprint density at radius 2 is 1.65 bits per heavy atom. The first-order valence-corrected chi connectivity index (χ1v) is 6.16. The average molecular weight is 270 g/mol. The maximum Gasteiger partial charge on any atom is 0.223 e. The zero-order valence-corrected chi connectivity index (χ0v) is 11.5. The second-order valence-corrected chi connectivity index (χ2v) is 4.48. The van der Waals surface area contributed by atoms with Crippen LogP contribution in [0.3, 0.4) is 0 Å². The van der Waals surface area contributed by atoms with Gasteiger partial charge in [0.25, 0.3) is 0 Å². The van der Waals surface area contributed by atoms with Crippen molar-refractivity contribution >= 4 is 17.6 Å². The third kappa shape index (κ3) is 2.97. The number of rotatable bonds is 2. The standard InChI is InChI=1S/C14H18N6/c1-9-6-7-10(2)20(9)12-5-3-4-11(8-12)18-14(17)19-13(15)16/h3-8H,1-2H3,(H6,15,16,17,18,19). The van der Waals surface area contributed by atoms with Crippen molar-refractivity contribution in [1.82, 2.24) is 4.57 Å². The van der Waals surface area contributed by atoms with E-state index in [1.54, 1.807) is 0 Å². The van der Waals surface area contributed by atoms with E-state index < -0.39 is 0 Å². The second-order valence-electron chi connectivity index (χ2n) is 4.48. The molecule has 6 heteroatoms. The summed E-state index contributed by atoms with van der Waals surface area (Å²) in [6.45, 7) is 4.10. The highest BCUT2D eigenvalue weighted by molar-refractivity contribution is 5.93. The Morgan fingerprint density at radius 3 is 2.25 bits per heavy atom. The van der Waals surface area contributed by atoms with Crippen LogP contribution in [0.4, 0.5) is 5.69 Å². The van der Waals surface area contributed by atoms with E-state index >= 15 is 0 Å². The highest BCUT2D eigenvalue weighted by Crippen LogP contribution is 2.21. The van der Waals surface area contributed by atoms with E-state index in [0.29, 0.717) is 5.69 Å². The van der Waals surface area contributed by atoms with Crippen molar-refractivity contribution in [2.45, 2.75) is 13.8 Å². The summed E-state index contributed by atoms with van der Waals surface area (Å²) >= 11 is 0. The predicted octanol–water partition coefficient (Wildman–Crippen LogP) is 1.31. The Bertz CT molecular complexity index is 657. The van der Waals surface area contributed by atoms with Crippen molar-refractivity contribution in [3.05, 3.63) is 47.8 Å². The number of aromatic nitrogens is 1. The fourth-order valence-corrected chi connectivity index (χ4v) is 2.07. The molecule has 0 aliphatic heterocycles. The van der Waals surface area contributed by atoms with Crippen LogP contribution in [0, 0.1) is 13.8 Å². The fourth-order valence-electron chi connectivity index (χ4n) is 2.07. The van der Waals surface area contributed by atoms with Gasteiger partial charge in [-0.3, -0.25) is 0 Å². The Hall–Kier alpha value is -2.76. The molecular formula is C14H18N6. The van der Waals surface area contributed by atoms with Gasteiger partial charge in [-0.1, -0.05) is 6.07 Å². The molecule has 0 saturated carbocycles. The topological polar surface area (TPSA) is 108 Å². The number of hydrogen-bond acceptors (Lipinski definition) is 1. The molecule has 0 radical (unpaired) electrons.